The highest BCUT2D eigenvalue weighted by atomic mass is 16.5. The first-order valence-corrected chi connectivity index (χ1v) is 12.8. The summed E-state index contributed by atoms with van der Waals surface area (Å²) in [5.41, 5.74) is 5.58. The van der Waals surface area contributed by atoms with Gasteiger partial charge in [0.25, 0.3) is 5.91 Å². The molecule has 1 atom stereocenters. The fourth-order valence-electron chi connectivity index (χ4n) is 5.22. The van der Waals surface area contributed by atoms with Gasteiger partial charge in [-0.15, -0.1) is 0 Å². The van der Waals surface area contributed by atoms with Crippen LogP contribution >= 0.6 is 0 Å². The van der Waals surface area contributed by atoms with Crippen molar-refractivity contribution in [2.24, 2.45) is 0 Å². The minimum atomic E-state index is -0.535. The topological polar surface area (TPSA) is 81.5 Å². The number of fused-ring (bicyclic) bond motifs is 1. The zero-order valence-electron chi connectivity index (χ0n) is 20.9. The molecule has 2 aliphatic rings. The Balaban J connectivity index is 1.09. The van der Waals surface area contributed by atoms with Crippen molar-refractivity contribution in [1.82, 2.24) is 14.5 Å². The van der Waals surface area contributed by atoms with Crippen molar-refractivity contribution in [3.8, 4) is 17.0 Å². The molecular formula is C31H27N3O4. The Morgan fingerprint density at radius 3 is 2.47 bits per heavy atom. The highest BCUT2D eigenvalue weighted by Gasteiger charge is 2.39. The number of rotatable bonds is 7. The lowest BCUT2D eigenvalue weighted by Gasteiger charge is -2.29. The van der Waals surface area contributed by atoms with Crippen LogP contribution in [0.3, 0.4) is 0 Å². The van der Waals surface area contributed by atoms with Crippen molar-refractivity contribution >= 4 is 17.5 Å². The number of ketones is 2. The van der Waals surface area contributed by atoms with Gasteiger partial charge >= 0.3 is 0 Å². The monoisotopic (exact) mass is 505 g/mol. The summed E-state index contributed by atoms with van der Waals surface area (Å²) < 4.78 is 8.21. The van der Waals surface area contributed by atoms with E-state index in [1.54, 1.807) is 17.0 Å². The van der Waals surface area contributed by atoms with Crippen LogP contribution in [-0.2, 0) is 29.3 Å². The number of Topliss-reactive ketones (excluding diaryl/α,β-unsaturated/α-hetero) is 2. The Hall–Kier alpha value is -4.52. The molecule has 0 saturated heterocycles. The van der Waals surface area contributed by atoms with Crippen molar-refractivity contribution in [2.45, 2.75) is 45.0 Å². The van der Waals surface area contributed by atoms with E-state index in [1.807, 2.05) is 48.9 Å². The second kappa shape index (κ2) is 10.1. The third-order valence-electron chi connectivity index (χ3n) is 7.25. The van der Waals surface area contributed by atoms with Gasteiger partial charge in [0.05, 0.1) is 31.0 Å². The van der Waals surface area contributed by atoms with E-state index >= 15 is 0 Å². The number of aromatic nitrogens is 2. The van der Waals surface area contributed by atoms with Crippen molar-refractivity contribution in [2.75, 3.05) is 0 Å². The van der Waals surface area contributed by atoms with E-state index < -0.39 is 6.04 Å². The molecule has 0 bridgehead atoms. The fourth-order valence-corrected chi connectivity index (χ4v) is 5.22. The first-order chi connectivity index (χ1) is 18.5. The van der Waals surface area contributed by atoms with Crippen LogP contribution in [0.4, 0.5) is 0 Å². The van der Waals surface area contributed by atoms with Gasteiger partial charge in [0.2, 0.25) is 0 Å². The van der Waals surface area contributed by atoms with Crippen LogP contribution in [-0.4, -0.2) is 38.0 Å². The summed E-state index contributed by atoms with van der Waals surface area (Å²) in [6.45, 7) is 1.41. The Labute approximate surface area is 220 Å². The van der Waals surface area contributed by atoms with E-state index in [9.17, 15) is 14.4 Å². The summed E-state index contributed by atoms with van der Waals surface area (Å²) in [5.74, 6) is 0.260. The minimum Gasteiger partial charge on any atom is -0.489 e. The van der Waals surface area contributed by atoms with Crippen LogP contribution in [0.1, 0.15) is 46.3 Å². The zero-order valence-corrected chi connectivity index (χ0v) is 20.9. The molecule has 1 aliphatic heterocycles. The Morgan fingerprint density at radius 2 is 1.68 bits per heavy atom. The second-order valence-electron chi connectivity index (χ2n) is 9.85. The molecule has 190 valence electrons. The van der Waals surface area contributed by atoms with Crippen LogP contribution in [0.2, 0.25) is 0 Å². The molecule has 1 unspecified atom stereocenters. The van der Waals surface area contributed by atoms with Gasteiger partial charge in [0, 0.05) is 35.9 Å². The van der Waals surface area contributed by atoms with E-state index in [0.29, 0.717) is 37.3 Å². The molecule has 4 aromatic rings. The number of amides is 1. The van der Waals surface area contributed by atoms with Crippen LogP contribution < -0.4 is 4.74 Å². The average molecular weight is 506 g/mol. The van der Waals surface area contributed by atoms with Gasteiger partial charge < -0.3 is 14.2 Å². The summed E-state index contributed by atoms with van der Waals surface area (Å²) >= 11 is 0. The number of ether oxygens (including phenoxy) is 1. The van der Waals surface area contributed by atoms with E-state index in [-0.39, 0.29) is 23.9 Å². The van der Waals surface area contributed by atoms with Gasteiger partial charge in [-0.25, -0.2) is 4.98 Å². The van der Waals surface area contributed by atoms with Crippen molar-refractivity contribution in [1.29, 1.82) is 0 Å². The molecule has 0 spiro atoms. The van der Waals surface area contributed by atoms with Crippen LogP contribution in [0.15, 0.2) is 85.3 Å². The normalized spacial score (nSPS) is 17.1. The summed E-state index contributed by atoms with van der Waals surface area (Å²) in [5, 5.41) is 0. The lowest BCUT2D eigenvalue weighted by atomic mass is 9.92. The molecule has 7 heteroatoms. The molecule has 3 aromatic carbocycles. The van der Waals surface area contributed by atoms with Crippen LogP contribution in [0, 0.1) is 0 Å². The van der Waals surface area contributed by atoms with E-state index in [2.05, 4.69) is 33.8 Å². The molecular weight excluding hydrogens is 478 g/mol. The van der Waals surface area contributed by atoms with Crippen molar-refractivity contribution in [3.05, 3.63) is 108 Å². The summed E-state index contributed by atoms with van der Waals surface area (Å²) in [6, 6.07) is 23.3. The summed E-state index contributed by atoms with van der Waals surface area (Å²) in [7, 11) is 0. The molecule has 1 aromatic heterocycles. The molecule has 2 heterocycles. The first kappa shape index (κ1) is 23.9. The molecule has 1 fully saturated rings. The fraction of sp³-hybridized carbons (Fsp3) is 0.226. The highest BCUT2D eigenvalue weighted by Crippen LogP contribution is 2.34. The van der Waals surface area contributed by atoms with Crippen molar-refractivity contribution < 1.29 is 19.1 Å². The highest BCUT2D eigenvalue weighted by molar-refractivity contribution is 6.07. The number of carbonyl (C=O) groups is 3. The smallest absolute Gasteiger partial charge is 0.255 e. The van der Waals surface area contributed by atoms with E-state index in [0.717, 1.165) is 34.5 Å². The Bertz CT molecular complexity index is 1510. The van der Waals surface area contributed by atoms with Crippen molar-refractivity contribution in [3.63, 3.8) is 0 Å². The molecule has 1 aliphatic carbocycles. The standard InChI is InChI=1S/C31H27N3O4/c35-24-13-14-28(29(36)15-24)34-17-26-25(31(34)37)7-4-8-30(26)38-19-22-11-9-21(10-12-22)16-33-18-27(32-20-33)23-5-2-1-3-6-23/h1-12,18,20,28H,13-17,19H2. The lowest BCUT2D eigenvalue weighted by molar-refractivity contribution is -0.133. The zero-order chi connectivity index (χ0) is 26.1. The third-order valence-corrected chi connectivity index (χ3v) is 7.25. The SMILES string of the molecule is O=C1CCC(N2Cc3c(OCc4ccc(Cn5cnc(-c6ccccc6)c5)cc4)cccc3C2=O)C(=O)C1. The van der Waals surface area contributed by atoms with Gasteiger partial charge in [-0.1, -0.05) is 60.7 Å². The maximum atomic E-state index is 13.0. The molecule has 0 radical (unpaired) electrons. The third kappa shape index (κ3) is 4.75. The largest absolute Gasteiger partial charge is 0.489 e. The summed E-state index contributed by atoms with van der Waals surface area (Å²) in [4.78, 5) is 43.2. The molecule has 38 heavy (non-hydrogen) atoms. The van der Waals surface area contributed by atoms with Crippen LogP contribution in [0.25, 0.3) is 11.3 Å². The first-order valence-electron chi connectivity index (χ1n) is 12.8. The van der Waals surface area contributed by atoms with Gasteiger partial charge in [0.15, 0.2) is 5.78 Å². The predicted molar refractivity (Wildman–Crippen MR) is 142 cm³/mol. The number of imidazole rings is 1. The Morgan fingerprint density at radius 1 is 0.895 bits per heavy atom. The van der Waals surface area contributed by atoms with Gasteiger partial charge in [-0.3, -0.25) is 14.4 Å². The number of hydrogen-bond donors (Lipinski definition) is 0. The predicted octanol–water partition coefficient (Wildman–Crippen LogP) is 4.82. The number of benzene rings is 3. The van der Waals surface area contributed by atoms with Crippen LogP contribution in [0.5, 0.6) is 5.75 Å². The average Bonchev–Trinajstić information content (AvgIpc) is 3.54. The summed E-state index contributed by atoms with van der Waals surface area (Å²) in [6.07, 6.45) is 4.54. The molecule has 0 N–H and O–H groups in total. The number of hydrogen-bond acceptors (Lipinski definition) is 5. The quantitative estimate of drug-likeness (QED) is 0.336. The number of carbonyl (C=O) groups excluding carboxylic acids is 3. The maximum absolute atomic E-state index is 13.0. The lowest BCUT2D eigenvalue weighted by Crippen LogP contribution is -2.44. The molecule has 1 amide bonds. The minimum absolute atomic E-state index is 0.0487. The molecule has 1 saturated carbocycles. The van der Waals surface area contributed by atoms with Gasteiger partial charge in [0.1, 0.15) is 18.1 Å². The molecule has 6 rings (SSSR count). The Kier molecular flexibility index (Phi) is 6.33. The number of nitrogens with zero attached hydrogens (tertiary/aromatic N) is 3. The van der Waals surface area contributed by atoms with E-state index in [4.69, 9.17) is 4.74 Å². The van der Waals surface area contributed by atoms with Gasteiger partial charge in [-0.05, 0) is 29.7 Å². The maximum Gasteiger partial charge on any atom is 0.255 e. The molecule has 7 nitrogen and oxygen atoms in total. The van der Waals surface area contributed by atoms with E-state index in [1.165, 1.54) is 0 Å². The second-order valence-corrected chi connectivity index (χ2v) is 9.85. The van der Waals surface area contributed by atoms with Gasteiger partial charge in [-0.2, -0.15) is 0 Å².